The number of rotatable bonds is 2. The first-order valence-electron chi connectivity index (χ1n) is 7.80. The number of carboxylic acid groups (broad SMARTS) is 1. The molecule has 1 heterocycles. The van der Waals surface area contributed by atoms with Crippen molar-refractivity contribution in [3.8, 4) is 0 Å². The number of carboxylic acids is 1. The summed E-state index contributed by atoms with van der Waals surface area (Å²) in [4.78, 5) is 28.7. The van der Waals surface area contributed by atoms with Crippen molar-refractivity contribution in [1.82, 2.24) is 9.80 Å². The molecule has 0 unspecified atom stereocenters. The topological polar surface area (TPSA) is 60.9 Å². The van der Waals surface area contributed by atoms with Gasteiger partial charge in [0.15, 0.2) is 0 Å². The lowest BCUT2D eigenvalue weighted by Gasteiger charge is -3.09. The lowest BCUT2D eigenvalue weighted by atomic mass is 8.92. The van der Waals surface area contributed by atoms with E-state index in [2.05, 4.69) is 16.8 Å². The van der Waals surface area contributed by atoms with Crippen LogP contribution >= 0.6 is 0 Å². The van der Waals surface area contributed by atoms with Gasteiger partial charge in [-0.25, -0.2) is 0 Å². The van der Waals surface area contributed by atoms with E-state index >= 15 is 0 Å². The van der Waals surface area contributed by atoms with Gasteiger partial charge in [-0.05, 0) is 42.6 Å². The molecular formula is C15H18N2O3. The molecule has 0 spiro atoms. The third kappa shape index (κ3) is 0.593. The molecule has 0 aromatic rings. The molecule has 0 aromatic carbocycles. The van der Waals surface area contributed by atoms with Crippen molar-refractivity contribution in [3.63, 3.8) is 0 Å². The number of carbonyl (C=O) groups is 2. The van der Waals surface area contributed by atoms with Crippen LogP contribution in [0.2, 0.25) is 0 Å². The van der Waals surface area contributed by atoms with Crippen molar-refractivity contribution in [2.45, 2.75) is 0 Å². The molecule has 1 aliphatic heterocycles. The molecule has 5 heteroatoms. The van der Waals surface area contributed by atoms with Crippen LogP contribution in [0, 0.1) is 46.3 Å². The quantitative estimate of drug-likeness (QED) is 0.743. The second-order valence-electron chi connectivity index (χ2n) is 7.92. The Labute approximate surface area is 116 Å². The number of aliphatic carboxylic acids is 1. The zero-order chi connectivity index (χ0) is 13.6. The molecule has 0 atom stereocenters. The molecule has 5 nitrogen and oxygen atoms in total. The highest BCUT2D eigenvalue weighted by Crippen LogP contribution is 3.10. The highest BCUT2D eigenvalue weighted by atomic mass is 16.4. The Balaban J connectivity index is 1.28. The number of hydrogen-bond donors (Lipinski definition) is 1. The molecule has 7 fully saturated rings. The van der Waals surface area contributed by atoms with Gasteiger partial charge in [-0.2, -0.15) is 0 Å². The smallest absolute Gasteiger partial charge is 0.310 e. The molecule has 20 heavy (non-hydrogen) atoms. The van der Waals surface area contributed by atoms with E-state index in [-0.39, 0.29) is 10.8 Å². The Morgan fingerprint density at radius 1 is 0.900 bits per heavy atom. The number of amides is 1. The fourth-order valence-corrected chi connectivity index (χ4v) is 7.67. The van der Waals surface area contributed by atoms with Crippen LogP contribution in [0.5, 0.6) is 0 Å². The molecule has 7 aliphatic rings. The molecule has 6 aliphatic carbocycles. The first-order valence-corrected chi connectivity index (χ1v) is 7.80. The molecule has 1 N–H and O–H groups in total. The van der Waals surface area contributed by atoms with Crippen LogP contribution in [0.3, 0.4) is 0 Å². The minimum Gasteiger partial charge on any atom is -0.481 e. The summed E-state index contributed by atoms with van der Waals surface area (Å²) in [7, 11) is 2.10. The molecular weight excluding hydrogens is 256 g/mol. The average molecular weight is 274 g/mol. The van der Waals surface area contributed by atoms with Crippen molar-refractivity contribution < 1.29 is 14.7 Å². The Bertz CT molecular complexity index is 538. The third-order valence-electron chi connectivity index (χ3n) is 8.16. The van der Waals surface area contributed by atoms with Crippen molar-refractivity contribution in [1.29, 1.82) is 0 Å². The normalized spacial score (nSPS) is 63.1. The lowest BCUT2D eigenvalue weighted by molar-refractivity contribution is -0.627. The lowest BCUT2D eigenvalue weighted by Crippen LogP contribution is -3.12. The maximum absolute atomic E-state index is 12.9. The van der Waals surface area contributed by atoms with Gasteiger partial charge in [0.05, 0.1) is 10.8 Å². The predicted octanol–water partition coefficient (Wildman–Crippen LogP) is -0.417. The van der Waals surface area contributed by atoms with Crippen LogP contribution in [0.25, 0.3) is 0 Å². The summed E-state index contributed by atoms with van der Waals surface area (Å²) in [6.45, 7) is 3.65. The summed E-state index contributed by atoms with van der Waals surface area (Å²) < 4.78 is 0. The predicted molar refractivity (Wildman–Crippen MR) is 67.5 cm³/mol. The van der Waals surface area contributed by atoms with Gasteiger partial charge in [0.1, 0.15) is 0 Å². The van der Waals surface area contributed by atoms with Crippen LogP contribution in [-0.2, 0) is 9.59 Å². The largest absolute Gasteiger partial charge is 0.481 e. The van der Waals surface area contributed by atoms with Crippen molar-refractivity contribution in [2.24, 2.45) is 46.3 Å². The third-order valence-corrected chi connectivity index (χ3v) is 8.16. The number of carbonyl (C=O) groups excluding carboxylic acids is 1. The molecule has 0 aromatic heterocycles. The maximum Gasteiger partial charge on any atom is 0.310 e. The first kappa shape index (κ1) is 10.6. The molecule has 6 saturated carbocycles. The van der Waals surface area contributed by atoms with Crippen molar-refractivity contribution in [3.05, 3.63) is 0 Å². The molecule has 1 saturated heterocycles. The van der Waals surface area contributed by atoms with Gasteiger partial charge in [0, 0.05) is 26.2 Å². The molecule has 0 radical (unpaired) electrons. The SMILES string of the molecule is CN1CCN(C(=O)C23C4C5C2C2C3C4C52C(=O)O)CC1. The van der Waals surface area contributed by atoms with Crippen LogP contribution < -0.4 is 0 Å². The molecule has 1 amide bonds. The average Bonchev–Trinajstić information content (AvgIpc) is 2.46. The number of nitrogens with zero attached hydrogens (tertiary/aromatic N) is 2. The Morgan fingerprint density at radius 2 is 1.35 bits per heavy atom. The summed E-state index contributed by atoms with van der Waals surface area (Å²) in [6.07, 6.45) is 0. The first-order chi connectivity index (χ1) is 9.59. The van der Waals surface area contributed by atoms with Crippen LogP contribution in [0.1, 0.15) is 0 Å². The maximum atomic E-state index is 12.9. The van der Waals surface area contributed by atoms with Gasteiger partial charge < -0.3 is 14.9 Å². The monoisotopic (exact) mass is 274 g/mol. The second-order valence-corrected chi connectivity index (χ2v) is 7.92. The fraction of sp³-hybridized carbons (Fsp3) is 0.867. The van der Waals surface area contributed by atoms with E-state index in [1.54, 1.807) is 0 Å². The van der Waals surface area contributed by atoms with Crippen molar-refractivity contribution in [2.75, 3.05) is 33.2 Å². The zero-order valence-corrected chi connectivity index (χ0v) is 11.5. The fourth-order valence-electron chi connectivity index (χ4n) is 7.67. The van der Waals surface area contributed by atoms with E-state index in [0.29, 0.717) is 41.4 Å². The van der Waals surface area contributed by atoms with E-state index in [9.17, 15) is 14.7 Å². The van der Waals surface area contributed by atoms with E-state index in [4.69, 9.17) is 0 Å². The number of likely N-dealkylation sites (N-methyl/N-ethyl adjacent to an activating group) is 1. The van der Waals surface area contributed by atoms with Gasteiger partial charge in [0.25, 0.3) is 0 Å². The standard InChI is InChI=1S/C15H18N2O3/c1-16-2-4-17(5-3-16)12(18)14-6-9-7(14)11-8(14)10(6)15(9,11)13(19)20/h6-11H,2-5H2,1H3,(H,19,20). The summed E-state index contributed by atoms with van der Waals surface area (Å²) in [5.74, 6) is 2.28. The minimum atomic E-state index is -0.568. The molecule has 106 valence electrons. The molecule has 7 rings (SSSR count). The molecule has 0 bridgehead atoms. The Kier molecular flexibility index (Phi) is 1.34. The summed E-state index contributed by atoms with van der Waals surface area (Å²) in [5.41, 5.74) is -0.405. The van der Waals surface area contributed by atoms with Crippen LogP contribution in [0.4, 0.5) is 0 Å². The van der Waals surface area contributed by atoms with Gasteiger partial charge in [-0.3, -0.25) is 9.59 Å². The van der Waals surface area contributed by atoms with Crippen LogP contribution in [-0.4, -0.2) is 60.0 Å². The highest BCUT2D eigenvalue weighted by molar-refractivity contribution is 5.98. The van der Waals surface area contributed by atoms with Gasteiger partial charge in [0.2, 0.25) is 5.91 Å². The van der Waals surface area contributed by atoms with Gasteiger partial charge in [-0.15, -0.1) is 0 Å². The minimum absolute atomic E-state index is 0.0624. The summed E-state index contributed by atoms with van der Waals surface area (Å²) in [6, 6.07) is 0. The van der Waals surface area contributed by atoms with E-state index in [0.717, 1.165) is 26.2 Å². The Morgan fingerprint density at radius 3 is 1.80 bits per heavy atom. The van der Waals surface area contributed by atoms with Crippen LogP contribution in [0.15, 0.2) is 0 Å². The van der Waals surface area contributed by atoms with Gasteiger partial charge >= 0.3 is 5.97 Å². The summed E-state index contributed by atoms with van der Waals surface area (Å²) >= 11 is 0. The number of hydrogen-bond acceptors (Lipinski definition) is 3. The van der Waals surface area contributed by atoms with Crippen molar-refractivity contribution >= 4 is 11.9 Å². The Hall–Kier alpha value is -1.10. The summed E-state index contributed by atoms with van der Waals surface area (Å²) in [5, 5.41) is 9.46. The second kappa shape index (κ2) is 2.54. The zero-order valence-electron chi connectivity index (χ0n) is 11.5. The highest BCUT2D eigenvalue weighted by Gasteiger charge is 3.13. The van der Waals surface area contributed by atoms with E-state index < -0.39 is 5.97 Å². The van der Waals surface area contributed by atoms with Gasteiger partial charge in [-0.1, -0.05) is 0 Å². The van der Waals surface area contributed by atoms with E-state index in [1.165, 1.54) is 0 Å². The number of piperazine rings is 1. The van der Waals surface area contributed by atoms with E-state index in [1.807, 2.05) is 0 Å².